The average molecular weight is 297 g/mol. The monoisotopic (exact) mass is 296 g/mol. The number of anilines is 1. The molecule has 94 valence electrons. The number of rotatable bonds is 2. The molecule has 1 N–H and O–H groups in total. The second kappa shape index (κ2) is 4.97. The Morgan fingerprint density at radius 3 is 2.82 bits per heavy atom. The van der Waals surface area contributed by atoms with Crippen molar-refractivity contribution in [2.45, 2.75) is 52.5 Å². The Kier molecular flexibility index (Phi) is 3.76. The van der Waals surface area contributed by atoms with Crippen molar-refractivity contribution in [3.05, 3.63) is 22.3 Å². The number of hydrogen-bond acceptors (Lipinski definition) is 2. The summed E-state index contributed by atoms with van der Waals surface area (Å²) >= 11 is 3.59. The highest BCUT2D eigenvalue weighted by Gasteiger charge is 2.32. The van der Waals surface area contributed by atoms with Crippen LogP contribution in [-0.4, -0.2) is 11.0 Å². The number of halogens is 1. The van der Waals surface area contributed by atoms with Crippen LogP contribution in [0.3, 0.4) is 0 Å². The molecule has 1 aromatic heterocycles. The third kappa shape index (κ3) is 3.01. The quantitative estimate of drug-likeness (QED) is 0.867. The number of aromatic nitrogens is 1. The van der Waals surface area contributed by atoms with Gasteiger partial charge in [0.1, 0.15) is 5.82 Å². The highest BCUT2D eigenvalue weighted by atomic mass is 79.9. The predicted molar refractivity (Wildman–Crippen MR) is 76.3 cm³/mol. The number of aryl methyl sites for hydroxylation is 1. The second-order valence-electron chi connectivity index (χ2n) is 5.77. The van der Waals surface area contributed by atoms with Gasteiger partial charge in [-0.1, -0.05) is 26.7 Å². The minimum Gasteiger partial charge on any atom is -0.366 e. The maximum Gasteiger partial charge on any atom is 0.140 e. The molecular weight excluding hydrogens is 276 g/mol. The first-order valence-electron chi connectivity index (χ1n) is 6.38. The molecule has 1 aromatic rings. The lowest BCUT2D eigenvalue weighted by Gasteiger charge is -2.39. The zero-order valence-corrected chi connectivity index (χ0v) is 12.5. The SMILES string of the molecule is Cc1cnc(NC2CCCCC2(C)C)c(Br)c1. The largest absolute Gasteiger partial charge is 0.366 e. The van der Waals surface area contributed by atoms with E-state index in [-0.39, 0.29) is 0 Å². The predicted octanol–water partition coefficient (Wildman–Crippen LogP) is 4.53. The first-order valence-corrected chi connectivity index (χ1v) is 7.17. The summed E-state index contributed by atoms with van der Waals surface area (Å²) in [7, 11) is 0. The molecule has 1 aliphatic carbocycles. The lowest BCUT2D eigenvalue weighted by molar-refractivity contribution is 0.216. The molecule has 2 nitrogen and oxygen atoms in total. The second-order valence-corrected chi connectivity index (χ2v) is 6.63. The van der Waals surface area contributed by atoms with Crippen molar-refractivity contribution in [1.29, 1.82) is 0 Å². The fourth-order valence-electron chi connectivity index (χ4n) is 2.57. The Hall–Kier alpha value is -0.570. The first-order chi connectivity index (χ1) is 7.99. The number of pyridine rings is 1. The van der Waals surface area contributed by atoms with Gasteiger partial charge in [0.2, 0.25) is 0 Å². The molecule has 1 heterocycles. The van der Waals surface area contributed by atoms with Gasteiger partial charge in [-0.25, -0.2) is 4.98 Å². The van der Waals surface area contributed by atoms with E-state index < -0.39 is 0 Å². The normalized spacial score (nSPS) is 23.4. The molecule has 1 atom stereocenters. The Morgan fingerprint density at radius 2 is 2.18 bits per heavy atom. The zero-order chi connectivity index (χ0) is 12.5. The van der Waals surface area contributed by atoms with Crippen LogP contribution in [0.5, 0.6) is 0 Å². The molecule has 0 saturated heterocycles. The van der Waals surface area contributed by atoms with E-state index in [1.807, 2.05) is 6.20 Å². The van der Waals surface area contributed by atoms with Crippen LogP contribution in [0.2, 0.25) is 0 Å². The summed E-state index contributed by atoms with van der Waals surface area (Å²) in [5.74, 6) is 0.982. The van der Waals surface area contributed by atoms with E-state index in [0.29, 0.717) is 11.5 Å². The van der Waals surface area contributed by atoms with Crippen molar-refractivity contribution in [2.75, 3.05) is 5.32 Å². The smallest absolute Gasteiger partial charge is 0.140 e. The van der Waals surface area contributed by atoms with E-state index in [1.165, 1.54) is 31.2 Å². The summed E-state index contributed by atoms with van der Waals surface area (Å²) in [5.41, 5.74) is 1.55. The number of hydrogen-bond donors (Lipinski definition) is 1. The number of nitrogens with zero attached hydrogens (tertiary/aromatic N) is 1. The van der Waals surface area contributed by atoms with E-state index in [9.17, 15) is 0 Å². The molecular formula is C14H21BrN2. The van der Waals surface area contributed by atoms with Gasteiger partial charge in [-0.05, 0) is 52.7 Å². The molecule has 1 fully saturated rings. The van der Waals surface area contributed by atoms with Crippen LogP contribution >= 0.6 is 15.9 Å². The van der Waals surface area contributed by atoms with Crippen molar-refractivity contribution in [3.63, 3.8) is 0 Å². The van der Waals surface area contributed by atoms with Crippen LogP contribution in [0.15, 0.2) is 16.7 Å². The Balaban J connectivity index is 2.14. The van der Waals surface area contributed by atoms with Crippen LogP contribution in [0, 0.1) is 12.3 Å². The standard InChI is InChI=1S/C14H21BrN2/c1-10-8-11(15)13(16-9-10)17-12-6-4-5-7-14(12,2)3/h8-9,12H,4-7H2,1-3H3,(H,16,17). The van der Waals surface area contributed by atoms with Gasteiger partial charge in [-0.3, -0.25) is 0 Å². The van der Waals surface area contributed by atoms with E-state index in [2.05, 4.69) is 53.1 Å². The minimum atomic E-state index is 0.365. The third-order valence-corrected chi connectivity index (χ3v) is 4.40. The fraction of sp³-hybridized carbons (Fsp3) is 0.643. The van der Waals surface area contributed by atoms with Crippen LogP contribution in [0.25, 0.3) is 0 Å². The van der Waals surface area contributed by atoms with Gasteiger partial charge >= 0.3 is 0 Å². The van der Waals surface area contributed by atoms with E-state index >= 15 is 0 Å². The van der Waals surface area contributed by atoms with Crippen LogP contribution in [-0.2, 0) is 0 Å². The highest BCUT2D eigenvalue weighted by Crippen LogP contribution is 2.37. The van der Waals surface area contributed by atoms with Crippen molar-refractivity contribution < 1.29 is 0 Å². The van der Waals surface area contributed by atoms with Gasteiger partial charge in [-0.2, -0.15) is 0 Å². The lowest BCUT2D eigenvalue weighted by Crippen LogP contribution is -2.39. The molecule has 0 bridgehead atoms. The Morgan fingerprint density at radius 1 is 1.41 bits per heavy atom. The molecule has 1 saturated carbocycles. The van der Waals surface area contributed by atoms with Crippen LogP contribution < -0.4 is 5.32 Å². The molecule has 0 aliphatic heterocycles. The van der Waals surface area contributed by atoms with Crippen LogP contribution in [0.4, 0.5) is 5.82 Å². The van der Waals surface area contributed by atoms with Gasteiger partial charge in [-0.15, -0.1) is 0 Å². The number of nitrogens with one attached hydrogen (secondary N) is 1. The van der Waals surface area contributed by atoms with E-state index in [1.54, 1.807) is 0 Å². The summed E-state index contributed by atoms with van der Waals surface area (Å²) in [6.07, 6.45) is 7.14. The summed E-state index contributed by atoms with van der Waals surface area (Å²) in [6, 6.07) is 2.65. The molecule has 3 heteroatoms. The maximum atomic E-state index is 4.48. The van der Waals surface area contributed by atoms with E-state index in [0.717, 1.165) is 10.3 Å². The van der Waals surface area contributed by atoms with Gasteiger partial charge in [0.25, 0.3) is 0 Å². The average Bonchev–Trinajstić information content (AvgIpc) is 2.24. The molecule has 0 spiro atoms. The molecule has 17 heavy (non-hydrogen) atoms. The minimum absolute atomic E-state index is 0.365. The van der Waals surface area contributed by atoms with Crippen LogP contribution in [0.1, 0.15) is 45.1 Å². The summed E-state index contributed by atoms with van der Waals surface area (Å²) < 4.78 is 1.07. The topological polar surface area (TPSA) is 24.9 Å². The Bertz CT molecular complexity index is 401. The van der Waals surface area contributed by atoms with Crippen molar-refractivity contribution in [1.82, 2.24) is 4.98 Å². The molecule has 1 unspecified atom stereocenters. The maximum absolute atomic E-state index is 4.48. The molecule has 2 rings (SSSR count). The summed E-state index contributed by atoms with van der Waals surface area (Å²) in [4.78, 5) is 4.48. The van der Waals surface area contributed by atoms with Crippen molar-refractivity contribution >= 4 is 21.7 Å². The van der Waals surface area contributed by atoms with Gasteiger partial charge in [0, 0.05) is 12.2 Å². The van der Waals surface area contributed by atoms with Crippen molar-refractivity contribution in [2.24, 2.45) is 5.41 Å². The fourth-order valence-corrected chi connectivity index (χ4v) is 3.14. The zero-order valence-electron chi connectivity index (χ0n) is 10.9. The molecule has 0 amide bonds. The van der Waals surface area contributed by atoms with Gasteiger partial charge in [0.05, 0.1) is 4.47 Å². The molecule has 0 aromatic carbocycles. The van der Waals surface area contributed by atoms with E-state index in [4.69, 9.17) is 0 Å². The summed E-state index contributed by atoms with van der Waals surface area (Å²) in [6.45, 7) is 6.77. The van der Waals surface area contributed by atoms with Gasteiger partial charge < -0.3 is 5.32 Å². The third-order valence-electron chi connectivity index (χ3n) is 3.80. The molecule has 0 radical (unpaired) electrons. The summed E-state index contributed by atoms with van der Waals surface area (Å²) in [5, 5.41) is 3.61. The van der Waals surface area contributed by atoms with Crippen molar-refractivity contribution in [3.8, 4) is 0 Å². The molecule has 1 aliphatic rings. The Labute approximate surface area is 112 Å². The lowest BCUT2D eigenvalue weighted by atomic mass is 9.73. The highest BCUT2D eigenvalue weighted by molar-refractivity contribution is 9.10. The first kappa shape index (κ1) is 12.9. The van der Waals surface area contributed by atoms with Gasteiger partial charge in [0.15, 0.2) is 0 Å².